The van der Waals surface area contributed by atoms with Crippen molar-refractivity contribution in [2.75, 3.05) is 7.11 Å². The molecule has 0 bridgehead atoms. The highest BCUT2D eigenvalue weighted by atomic mass is 16.5. The highest BCUT2D eigenvalue weighted by Crippen LogP contribution is 2.27. The number of nitrogens with two attached hydrogens (primary N) is 1. The van der Waals surface area contributed by atoms with E-state index in [0.717, 1.165) is 12.2 Å². The van der Waals surface area contributed by atoms with E-state index in [0.29, 0.717) is 0 Å². The molecule has 0 saturated carbocycles. The molecule has 4 heteroatoms. The molecular weight excluding hydrogens is 214 g/mol. The molecule has 3 unspecified atom stereocenters. The van der Waals surface area contributed by atoms with Crippen molar-refractivity contribution in [1.29, 1.82) is 0 Å². The van der Waals surface area contributed by atoms with E-state index in [2.05, 4.69) is 36.8 Å². The molecule has 1 aliphatic rings. The van der Waals surface area contributed by atoms with Crippen molar-refractivity contribution in [2.24, 2.45) is 5.73 Å². The van der Waals surface area contributed by atoms with Gasteiger partial charge in [0.25, 0.3) is 0 Å². The number of methoxy groups -OCH3 is 1. The predicted molar refractivity (Wildman–Crippen MR) is 68.8 cm³/mol. The zero-order valence-corrected chi connectivity index (χ0v) is 10.7. The van der Waals surface area contributed by atoms with Crippen LogP contribution in [0.4, 0.5) is 0 Å². The maximum absolute atomic E-state index is 6.16. The lowest BCUT2D eigenvalue weighted by Gasteiger charge is -2.18. The summed E-state index contributed by atoms with van der Waals surface area (Å²) in [5.41, 5.74) is 15.0. The molecule has 17 heavy (non-hydrogen) atoms. The summed E-state index contributed by atoms with van der Waals surface area (Å²) in [5, 5.41) is 0. The van der Waals surface area contributed by atoms with Gasteiger partial charge in [0.15, 0.2) is 0 Å². The third-order valence-corrected chi connectivity index (χ3v) is 3.47. The Morgan fingerprint density at radius 1 is 1.35 bits per heavy atom. The van der Waals surface area contributed by atoms with Crippen LogP contribution in [0.25, 0.3) is 0 Å². The summed E-state index contributed by atoms with van der Waals surface area (Å²) in [7, 11) is 1.71. The Morgan fingerprint density at radius 3 is 2.65 bits per heavy atom. The van der Waals surface area contributed by atoms with Crippen LogP contribution in [0.1, 0.15) is 31.0 Å². The number of aryl methyl sites for hydroxylation is 1. The van der Waals surface area contributed by atoms with Crippen LogP contribution < -0.4 is 21.3 Å². The topological polar surface area (TPSA) is 59.3 Å². The Morgan fingerprint density at radius 2 is 2.12 bits per heavy atom. The fourth-order valence-corrected chi connectivity index (χ4v) is 2.28. The van der Waals surface area contributed by atoms with E-state index in [1.165, 1.54) is 11.1 Å². The molecule has 1 fully saturated rings. The van der Waals surface area contributed by atoms with Crippen molar-refractivity contribution in [3.05, 3.63) is 29.3 Å². The van der Waals surface area contributed by atoms with Gasteiger partial charge in [-0.25, -0.2) is 5.43 Å². The van der Waals surface area contributed by atoms with Crippen LogP contribution in [0.15, 0.2) is 18.2 Å². The maximum Gasteiger partial charge on any atom is 0.122 e. The number of benzene rings is 1. The van der Waals surface area contributed by atoms with Crippen LogP contribution in [0.3, 0.4) is 0 Å². The third kappa shape index (κ3) is 2.29. The molecule has 1 saturated heterocycles. The normalized spacial score (nSPS) is 28.4. The van der Waals surface area contributed by atoms with Crippen LogP contribution in [-0.4, -0.2) is 19.2 Å². The molecule has 1 aromatic rings. The molecule has 94 valence electrons. The van der Waals surface area contributed by atoms with Crippen molar-refractivity contribution in [3.63, 3.8) is 0 Å². The smallest absolute Gasteiger partial charge is 0.122 e. The lowest BCUT2D eigenvalue weighted by atomic mass is 9.95. The second kappa shape index (κ2) is 5.04. The molecule has 1 heterocycles. The molecule has 0 aromatic heterocycles. The molecule has 0 aliphatic carbocycles. The van der Waals surface area contributed by atoms with E-state index in [-0.39, 0.29) is 18.1 Å². The number of rotatable bonds is 3. The van der Waals surface area contributed by atoms with Gasteiger partial charge in [0.1, 0.15) is 5.75 Å². The van der Waals surface area contributed by atoms with E-state index in [1.54, 1.807) is 7.11 Å². The van der Waals surface area contributed by atoms with Gasteiger partial charge in [-0.05, 0) is 30.5 Å². The average Bonchev–Trinajstić information content (AvgIpc) is 2.69. The van der Waals surface area contributed by atoms with Gasteiger partial charge in [-0.2, -0.15) is 0 Å². The van der Waals surface area contributed by atoms with Gasteiger partial charge in [0.05, 0.1) is 13.2 Å². The average molecular weight is 235 g/mol. The molecule has 4 N–H and O–H groups in total. The summed E-state index contributed by atoms with van der Waals surface area (Å²) < 4.78 is 5.33. The Kier molecular flexibility index (Phi) is 3.66. The highest BCUT2D eigenvalue weighted by Gasteiger charge is 2.31. The monoisotopic (exact) mass is 235 g/mol. The van der Waals surface area contributed by atoms with Gasteiger partial charge >= 0.3 is 0 Å². The zero-order valence-electron chi connectivity index (χ0n) is 10.7. The molecule has 0 radical (unpaired) electrons. The number of hydrogen-bond acceptors (Lipinski definition) is 4. The Hall–Kier alpha value is -1.10. The molecule has 0 spiro atoms. The van der Waals surface area contributed by atoms with Gasteiger partial charge < -0.3 is 10.5 Å². The van der Waals surface area contributed by atoms with Crippen LogP contribution >= 0.6 is 0 Å². The number of hydrogen-bond donors (Lipinski definition) is 3. The third-order valence-electron chi connectivity index (χ3n) is 3.47. The van der Waals surface area contributed by atoms with Gasteiger partial charge in [-0.15, -0.1) is 0 Å². The first-order valence-electron chi connectivity index (χ1n) is 6.10. The van der Waals surface area contributed by atoms with Crippen LogP contribution in [0, 0.1) is 0 Å². The standard InChI is InChI=1S/C13H21N3O/c1-4-9-7-10(5-6-11(9)17-3)13-12(14)8(2)15-16-13/h5-8,12-13,15-16H,4,14H2,1-3H3. The number of nitrogens with one attached hydrogen (secondary N) is 2. The molecule has 4 nitrogen and oxygen atoms in total. The molecular formula is C13H21N3O. The predicted octanol–water partition coefficient (Wildman–Crippen LogP) is 1.12. The Balaban J connectivity index is 2.27. The molecule has 1 aliphatic heterocycles. The van der Waals surface area contributed by atoms with Gasteiger partial charge in [0.2, 0.25) is 0 Å². The van der Waals surface area contributed by atoms with E-state index in [4.69, 9.17) is 10.5 Å². The SMILES string of the molecule is CCc1cc(C2NNC(C)C2N)ccc1OC. The lowest BCUT2D eigenvalue weighted by Crippen LogP contribution is -2.35. The molecule has 1 aromatic carbocycles. The van der Waals surface area contributed by atoms with Crippen LogP contribution in [-0.2, 0) is 6.42 Å². The van der Waals surface area contributed by atoms with Crippen molar-refractivity contribution in [1.82, 2.24) is 10.9 Å². The summed E-state index contributed by atoms with van der Waals surface area (Å²) in [6.45, 7) is 4.21. The first-order chi connectivity index (χ1) is 8.17. The zero-order chi connectivity index (χ0) is 12.4. The van der Waals surface area contributed by atoms with Gasteiger partial charge in [-0.3, -0.25) is 5.43 Å². The summed E-state index contributed by atoms with van der Waals surface area (Å²) in [6.07, 6.45) is 0.960. The van der Waals surface area contributed by atoms with Gasteiger partial charge in [-0.1, -0.05) is 19.1 Å². The van der Waals surface area contributed by atoms with E-state index in [1.807, 2.05) is 6.07 Å². The fourth-order valence-electron chi connectivity index (χ4n) is 2.28. The fraction of sp³-hybridized carbons (Fsp3) is 0.538. The lowest BCUT2D eigenvalue weighted by molar-refractivity contribution is 0.409. The van der Waals surface area contributed by atoms with Crippen LogP contribution in [0.2, 0.25) is 0 Å². The van der Waals surface area contributed by atoms with Crippen molar-refractivity contribution in [2.45, 2.75) is 38.4 Å². The van der Waals surface area contributed by atoms with Crippen LogP contribution in [0.5, 0.6) is 5.75 Å². The minimum atomic E-state index is 0.0908. The molecule has 2 rings (SSSR count). The van der Waals surface area contributed by atoms with Crippen molar-refractivity contribution in [3.8, 4) is 5.75 Å². The highest BCUT2D eigenvalue weighted by molar-refractivity contribution is 5.39. The summed E-state index contributed by atoms with van der Waals surface area (Å²) in [4.78, 5) is 0. The minimum Gasteiger partial charge on any atom is -0.496 e. The number of ether oxygens (including phenoxy) is 1. The summed E-state index contributed by atoms with van der Waals surface area (Å²) in [6, 6.07) is 6.82. The Labute approximate surface area is 103 Å². The minimum absolute atomic E-state index is 0.0908. The molecule has 3 atom stereocenters. The van der Waals surface area contributed by atoms with E-state index >= 15 is 0 Å². The largest absolute Gasteiger partial charge is 0.496 e. The Bertz CT molecular complexity index is 394. The van der Waals surface area contributed by atoms with E-state index < -0.39 is 0 Å². The van der Waals surface area contributed by atoms with Crippen molar-refractivity contribution < 1.29 is 4.74 Å². The quantitative estimate of drug-likeness (QED) is 0.735. The summed E-state index contributed by atoms with van der Waals surface area (Å²) in [5.74, 6) is 0.948. The van der Waals surface area contributed by atoms with Crippen molar-refractivity contribution >= 4 is 0 Å². The molecule has 0 amide bonds. The van der Waals surface area contributed by atoms with Gasteiger partial charge in [0, 0.05) is 12.1 Å². The first kappa shape index (κ1) is 12.4. The number of hydrazine groups is 1. The second-order valence-electron chi connectivity index (χ2n) is 4.56. The summed E-state index contributed by atoms with van der Waals surface area (Å²) >= 11 is 0. The first-order valence-corrected chi connectivity index (χ1v) is 6.10. The van der Waals surface area contributed by atoms with E-state index in [9.17, 15) is 0 Å². The maximum atomic E-state index is 6.16. The second-order valence-corrected chi connectivity index (χ2v) is 4.56.